The predicted molar refractivity (Wildman–Crippen MR) is 107 cm³/mol. The van der Waals surface area contributed by atoms with Crippen molar-refractivity contribution >= 4 is 11.5 Å². The van der Waals surface area contributed by atoms with E-state index in [4.69, 9.17) is 5.73 Å². The molecule has 150 valence electrons. The predicted octanol–water partition coefficient (Wildman–Crippen LogP) is 5.24. The number of aryl methyl sites for hydroxylation is 1. The van der Waals surface area contributed by atoms with Crippen molar-refractivity contribution in [3.8, 4) is 11.1 Å². The van der Waals surface area contributed by atoms with E-state index in [2.05, 4.69) is 15.3 Å². The van der Waals surface area contributed by atoms with Gasteiger partial charge in [-0.1, -0.05) is 42.5 Å². The highest BCUT2D eigenvalue weighted by molar-refractivity contribution is 5.76. The molecular weight excluding hydrogens is 377 g/mol. The second kappa shape index (κ2) is 7.73. The molecule has 4 nitrogen and oxygen atoms in total. The summed E-state index contributed by atoms with van der Waals surface area (Å²) in [4.78, 5) is 7.55. The van der Waals surface area contributed by atoms with Crippen LogP contribution >= 0.6 is 0 Å². The van der Waals surface area contributed by atoms with Crippen LogP contribution in [0.25, 0.3) is 11.1 Å². The first-order valence-corrected chi connectivity index (χ1v) is 9.56. The fraction of sp³-hybridized carbons (Fsp3) is 0.273. The monoisotopic (exact) mass is 398 g/mol. The van der Waals surface area contributed by atoms with Gasteiger partial charge in [-0.15, -0.1) is 0 Å². The number of anilines is 2. The van der Waals surface area contributed by atoms with E-state index < -0.39 is 12.0 Å². The highest BCUT2D eigenvalue weighted by Crippen LogP contribution is 2.32. The minimum absolute atomic E-state index is 0.290. The van der Waals surface area contributed by atoms with Gasteiger partial charge in [0.1, 0.15) is 5.82 Å². The number of hydrogen-bond donors (Lipinski definition) is 2. The number of benzene rings is 2. The molecule has 2 aromatic carbocycles. The number of para-hydroxylation sites is 1. The number of nitrogen functional groups attached to an aromatic ring is 1. The third kappa shape index (κ3) is 4.18. The molecule has 0 radical (unpaired) electrons. The lowest BCUT2D eigenvalue weighted by Crippen LogP contribution is -2.19. The first-order valence-electron chi connectivity index (χ1n) is 9.56. The molecule has 4 rings (SSSR count). The zero-order chi connectivity index (χ0) is 20.4. The summed E-state index contributed by atoms with van der Waals surface area (Å²) >= 11 is 0. The Morgan fingerprint density at radius 1 is 0.931 bits per heavy atom. The number of halogens is 3. The van der Waals surface area contributed by atoms with Gasteiger partial charge in [0.05, 0.1) is 0 Å². The summed E-state index contributed by atoms with van der Waals surface area (Å²) in [6.45, 7) is 0.380. The third-order valence-electron chi connectivity index (χ3n) is 5.12. The van der Waals surface area contributed by atoms with Gasteiger partial charge in [0.2, 0.25) is 5.82 Å². The van der Waals surface area contributed by atoms with Crippen molar-refractivity contribution in [2.45, 2.75) is 38.4 Å². The average Bonchev–Trinajstić information content (AvgIpc) is 2.72. The number of nitrogens with zero attached hydrogens (tertiary/aromatic N) is 2. The van der Waals surface area contributed by atoms with E-state index in [1.807, 2.05) is 48.5 Å². The van der Waals surface area contributed by atoms with Gasteiger partial charge in [0, 0.05) is 29.1 Å². The second-order valence-corrected chi connectivity index (χ2v) is 7.16. The minimum Gasteiger partial charge on any atom is -0.398 e. The Hall–Kier alpha value is -3.09. The molecule has 0 bridgehead atoms. The van der Waals surface area contributed by atoms with Crippen LogP contribution in [0, 0.1) is 0 Å². The van der Waals surface area contributed by atoms with Gasteiger partial charge in [0.25, 0.3) is 0 Å². The normalized spacial score (nSPS) is 13.8. The van der Waals surface area contributed by atoms with Crippen molar-refractivity contribution in [1.82, 2.24) is 9.97 Å². The molecule has 1 aliphatic carbocycles. The number of aromatic nitrogens is 2. The van der Waals surface area contributed by atoms with Crippen molar-refractivity contribution in [1.29, 1.82) is 0 Å². The molecule has 7 heteroatoms. The lowest BCUT2D eigenvalue weighted by molar-refractivity contribution is -0.145. The highest BCUT2D eigenvalue weighted by Gasteiger charge is 2.36. The van der Waals surface area contributed by atoms with Crippen LogP contribution < -0.4 is 11.1 Å². The van der Waals surface area contributed by atoms with E-state index in [-0.39, 0.29) is 0 Å². The molecule has 3 aromatic rings. The Balaban J connectivity index is 1.55. The zero-order valence-electron chi connectivity index (χ0n) is 15.8. The maximum Gasteiger partial charge on any atom is 0.451 e. The molecular formula is C22H21F3N4. The molecule has 29 heavy (non-hydrogen) atoms. The van der Waals surface area contributed by atoms with Crippen LogP contribution in [0.5, 0.6) is 0 Å². The van der Waals surface area contributed by atoms with Crippen molar-refractivity contribution < 1.29 is 13.2 Å². The van der Waals surface area contributed by atoms with Crippen molar-refractivity contribution in [2.24, 2.45) is 0 Å². The van der Waals surface area contributed by atoms with Crippen LogP contribution in [0.3, 0.4) is 0 Å². The fourth-order valence-electron chi connectivity index (χ4n) is 3.61. The molecule has 1 aromatic heterocycles. The Morgan fingerprint density at radius 2 is 1.66 bits per heavy atom. The van der Waals surface area contributed by atoms with E-state index in [9.17, 15) is 13.2 Å². The van der Waals surface area contributed by atoms with Crippen molar-refractivity contribution in [3.05, 3.63) is 71.2 Å². The van der Waals surface area contributed by atoms with Crippen molar-refractivity contribution in [2.75, 3.05) is 11.1 Å². The Morgan fingerprint density at radius 3 is 2.38 bits per heavy atom. The zero-order valence-corrected chi connectivity index (χ0v) is 15.8. The van der Waals surface area contributed by atoms with Crippen LogP contribution in [0.4, 0.5) is 24.7 Å². The summed E-state index contributed by atoms with van der Waals surface area (Å²) in [6, 6.07) is 15.4. The second-order valence-electron chi connectivity index (χ2n) is 7.16. The molecule has 0 amide bonds. The van der Waals surface area contributed by atoms with Crippen LogP contribution in [0.15, 0.2) is 48.5 Å². The van der Waals surface area contributed by atoms with Crippen LogP contribution in [0.2, 0.25) is 0 Å². The van der Waals surface area contributed by atoms with Gasteiger partial charge >= 0.3 is 6.18 Å². The average molecular weight is 398 g/mol. The summed E-state index contributed by atoms with van der Waals surface area (Å²) < 4.78 is 39.5. The standard InChI is InChI=1S/C22H21F3N4/c23-22(24,25)21-28-19-8-4-2-6-17(19)20(29-21)27-13-14-9-11-15(12-10-14)16-5-1-3-7-18(16)26/h1,3,5,7,9-12H,2,4,6,8,13,26H2,(H,27,28,29). The SMILES string of the molecule is Nc1ccccc1-c1ccc(CNc2nc(C(F)(F)F)nc3c2CCCC3)cc1. The Labute approximate surface area is 167 Å². The largest absolute Gasteiger partial charge is 0.451 e. The third-order valence-corrected chi connectivity index (χ3v) is 5.12. The number of alkyl halides is 3. The number of hydrogen-bond acceptors (Lipinski definition) is 4. The highest BCUT2D eigenvalue weighted by atomic mass is 19.4. The summed E-state index contributed by atoms with van der Waals surface area (Å²) in [6.07, 6.45) is -1.51. The Kier molecular flexibility index (Phi) is 5.13. The quantitative estimate of drug-likeness (QED) is 0.590. The number of fused-ring (bicyclic) bond motifs is 1. The number of nitrogens with one attached hydrogen (secondary N) is 1. The van der Waals surface area contributed by atoms with Gasteiger partial charge in [-0.2, -0.15) is 13.2 Å². The number of rotatable bonds is 4. The van der Waals surface area contributed by atoms with Crippen LogP contribution in [-0.4, -0.2) is 9.97 Å². The van der Waals surface area contributed by atoms with Gasteiger partial charge in [0.15, 0.2) is 0 Å². The van der Waals surface area contributed by atoms with E-state index >= 15 is 0 Å². The molecule has 0 fully saturated rings. The molecule has 0 unspecified atom stereocenters. The van der Waals surface area contributed by atoms with Gasteiger partial charge in [-0.05, 0) is 42.9 Å². The molecule has 1 aliphatic rings. The molecule has 0 spiro atoms. The topological polar surface area (TPSA) is 63.8 Å². The lowest BCUT2D eigenvalue weighted by atomic mass is 9.96. The summed E-state index contributed by atoms with van der Waals surface area (Å²) in [7, 11) is 0. The van der Waals surface area contributed by atoms with E-state index in [0.717, 1.165) is 35.1 Å². The van der Waals surface area contributed by atoms with E-state index in [1.165, 1.54) is 0 Å². The van der Waals surface area contributed by atoms with Gasteiger partial charge in [-0.3, -0.25) is 0 Å². The molecule has 0 saturated carbocycles. The lowest BCUT2D eigenvalue weighted by Gasteiger charge is -2.20. The maximum absolute atomic E-state index is 13.2. The Bertz CT molecular complexity index is 1010. The minimum atomic E-state index is -4.56. The van der Waals surface area contributed by atoms with E-state index in [1.54, 1.807) is 0 Å². The van der Waals surface area contributed by atoms with Crippen LogP contribution in [0.1, 0.15) is 35.5 Å². The summed E-state index contributed by atoms with van der Waals surface area (Å²) in [5.41, 5.74) is 10.9. The maximum atomic E-state index is 13.2. The summed E-state index contributed by atoms with van der Waals surface area (Å²) in [5, 5.41) is 3.10. The first kappa shape index (κ1) is 19.2. The fourth-order valence-corrected chi connectivity index (χ4v) is 3.61. The number of nitrogens with two attached hydrogens (primary N) is 1. The molecule has 1 heterocycles. The molecule has 0 atom stereocenters. The molecule has 0 saturated heterocycles. The van der Waals surface area contributed by atoms with Crippen LogP contribution in [-0.2, 0) is 25.6 Å². The van der Waals surface area contributed by atoms with Gasteiger partial charge in [-0.25, -0.2) is 9.97 Å². The summed E-state index contributed by atoms with van der Waals surface area (Å²) in [5.74, 6) is -0.783. The molecule has 3 N–H and O–H groups in total. The smallest absolute Gasteiger partial charge is 0.398 e. The first-order chi connectivity index (χ1) is 13.9. The van der Waals surface area contributed by atoms with Crippen molar-refractivity contribution in [3.63, 3.8) is 0 Å². The molecule has 0 aliphatic heterocycles. The van der Waals surface area contributed by atoms with Gasteiger partial charge < -0.3 is 11.1 Å². The van der Waals surface area contributed by atoms with E-state index in [0.29, 0.717) is 36.6 Å².